The Hall–Kier alpha value is -3.36. The Labute approximate surface area is 180 Å². The van der Waals surface area contributed by atoms with Gasteiger partial charge in [-0.15, -0.1) is 0 Å². The van der Waals surface area contributed by atoms with Crippen molar-refractivity contribution in [2.24, 2.45) is 0 Å². The second kappa shape index (κ2) is 8.79. The zero-order valence-corrected chi connectivity index (χ0v) is 18.1. The van der Waals surface area contributed by atoms with E-state index >= 15 is 0 Å². The molecule has 9 heteroatoms. The summed E-state index contributed by atoms with van der Waals surface area (Å²) in [7, 11) is 1.24. The lowest BCUT2D eigenvalue weighted by Gasteiger charge is -2.20. The molecule has 2 heterocycles. The summed E-state index contributed by atoms with van der Waals surface area (Å²) in [5.74, 6) is -1.26. The molecule has 2 atom stereocenters. The maximum absolute atomic E-state index is 12.7. The van der Waals surface area contributed by atoms with Gasteiger partial charge in [0.15, 0.2) is 0 Å². The number of amides is 2. The average Bonchev–Trinajstić information content (AvgIpc) is 3.30. The van der Waals surface area contributed by atoms with Crippen LogP contribution < -0.4 is 10.6 Å². The molecule has 0 bridgehead atoms. The van der Waals surface area contributed by atoms with Crippen LogP contribution in [0.5, 0.6) is 0 Å². The van der Waals surface area contributed by atoms with Crippen molar-refractivity contribution in [3.63, 3.8) is 0 Å². The number of rotatable bonds is 5. The molecule has 2 aromatic rings. The molecule has 1 saturated heterocycles. The van der Waals surface area contributed by atoms with Crippen molar-refractivity contribution in [2.75, 3.05) is 7.11 Å². The summed E-state index contributed by atoms with van der Waals surface area (Å²) < 4.78 is 11.7. The van der Waals surface area contributed by atoms with Crippen LogP contribution in [0.3, 0.4) is 0 Å². The highest BCUT2D eigenvalue weighted by Crippen LogP contribution is 2.24. The van der Waals surface area contributed by atoms with Crippen molar-refractivity contribution < 1.29 is 28.7 Å². The molecule has 1 fully saturated rings. The summed E-state index contributed by atoms with van der Waals surface area (Å²) in [4.78, 5) is 49.0. The van der Waals surface area contributed by atoms with Crippen molar-refractivity contribution in [3.05, 3.63) is 36.0 Å². The van der Waals surface area contributed by atoms with Gasteiger partial charge in [0.2, 0.25) is 11.8 Å². The molecular formula is C22H27N3O6. The molecule has 1 aliphatic heterocycles. The van der Waals surface area contributed by atoms with E-state index in [1.54, 1.807) is 39.1 Å². The van der Waals surface area contributed by atoms with Gasteiger partial charge >= 0.3 is 12.1 Å². The molecule has 9 nitrogen and oxygen atoms in total. The molecule has 0 spiro atoms. The van der Waals surface area contributed by atoms with E-state index in [4.69, 9.17) is 9.47 Å². The summed E-state index contributed by atoms with van der Waals surface area (Å²) in [6, 6.07) is 5.58. The Balaban J connectivity index is 1.88. The zero-order valence-electron chi connectivity index (χ0n) is 18.1. The van der Waals surface area contributed by atoms with Crippen LogP contribution in [0.15, 0.2) is 30.5 Å². The molecule has 1 aromatic carbocycles. The molecule has 0 aliphatic carbocycles. The fourth-order valence-corrected chi connectivity index (χ4v) is 3.51. The monoisotopic (exact) mass is 429 g/mol. The number of esters is 1. The van der Waals surface area contributed by atoms with Gasteiger partial charge in [0.05, 0.1) is 12.6 Å². The molecule has 0 saturated carbocycles. The van der Waals surface area contributed by atoms with Crippen LogP contribution in [0, 0.1) is 0 Å². The van der Waals surface area contributed by atoms with Crippen molar-refractivity contribution in [3.8, 4) is 0 Å². The molecule has 2 amide bonds. The number of carbonyl (C=O) groups excluding carboxylic acids is 4. The number of nitrogens with one attached hydrogen (secondary N) is 2. The van der Waals surface area contributed by atoms with E-state index in [0.29, 0.717) is 17.5 Å². The van der Waals surface area contributed by atoms with Crippen molar-refractivity contribution in [2.45, 2.75) is 57.7 Å². The minimum Gasteiger partial charge on any atom is -0.467 e. The number of methoxy groups -OCH3 is 1. The van der Waals surface area contributed by atoms with Crippen LogP contribution in [-0.4, -0.2) is 53.2 Å². The van der Waals surface area contributed by atoms with E-state index in [2.05, 4.69) is 10.6 Å². The molecule has 0 unspecified atom stereocenters. The van der Waals surface area contributed by atoms with Crippen LogP contribution in [-0.2, 0) is 30.3 Å². The van der Waals surface area contributed by atoms with Gasteiger partial charge in [0.1, 0.15) is 17.7 Å². The summed E-state index contributed by atoms with van der Waals surface area (Å²) in [6.07, 6.45) is 1.82. The molecular weight excluding hydrogens is 402 g/mol. The minimum absolute atomic E-state index is 0.107. The first-order chi connectivity index (χ1) is 14.6. The lowest BCUT2D eigenvalue weighted by molar-refractivity contribution is -0.145. The molecule has 1 aromatic heterocycles. The number of nitrogens with zero attached hydrogens (tertiary/aromatic N) is 1. The normalized spacial score (nSPS) is 17.2. The second-order valence-corrected chi connectivity index (χ2v) is 8.47. The number of hydrogen-bond acceptors (Lipinski definition) is 6. The maximum Gasteiger partial charge on any atom is 0.419 e. The van der Waals surface area contributed by atoms with E-state index < -0.39 is 35.7 Å². The molecule has 166 valence electrons. The molecule has 1 aliphatic rings. The topological polar surface area (TPSA) is 116 Å². The van der Waals surface area contributed by atoms with Crippen LogP contribution in [0.2, 0.25) is 0 Å². The lowest BCUT2D eigenvalue weighted by atomic mass is 10.0. The second-order valence-electron chi connectivity index (χ2n) is 8.47. The Morgan fingerprint density at radius 1 is 1.26 bits per heavy atom. The maximum atomic E-state index is 12.7. The predicted molar refractivity (Wildman–Crippen MR) is 112 cm³/mol. The highest BCUT2D eigenvalue weighted by Gasteiger charge is 2.31. The van der Waals surface area contributed by atoms with Crippen molar-refractivity contribution in [1.29, 1.82) is 0 Å². The average molecular weight is 429 g/mol. The summed E-state index contributed by atoms with van der Waals surface area (Å²) in [6.45, 7) is 5.34. The van der Waals surface area contributed by atoms with Gasteiger partial charge < -0.3 is 20.1 Å². The van der Waals surface area contributed by atoms with Gasteiger partial charge in [-0.2, -0.15) is 0 Å². The largest absolute Gasteiger partial charge is 0.467 e. The first kappa shape index (κ1) is 22.3. The van der Waals surface area contributed by atoms with Gasteiger partial charge in [-0.1, -0.05) is 18.2 Å². The Kier molecular flexibility index (Phi) is 6.33. The van der Waals surface area contributed by atoms with Gasteiger partial charge in [0.25, 0.3) is 0 Å². The number of para-hydroxylation sites is 1. The van der Waals surface area contributed by atoms with Gasteiger partial charge in [0, 0.05) is 24.4 Å². The first-order valence-corrected chi connectivity index (χ1v) is 10.1. The third-order valence-electron chi connectivity index (χ3n) is 4.92. The highest BCUT2D eigenvalue weighted by atomic mass is 16.6. The molecule has 3 rings (SSSR count). The fourth-order valence-electron chi connectivity index (χ4n) is 3.51. The number of aromatic nitrogens is 1. The highest BCUT2D eigenvalue weighted by molar-refractivity contribution is 5.95. The van der Waals surface area contributed by atoms with E-state index in [1.165, 1.54) is 11.7 Å². The molecule has 31 heavy (non-hydrogen) atoms. The Morgan fingerprint density at radius 3 is 2.58 bits per heavy atom. The zero-order chi connectivity index (χ0) is 22.8. The Morgan fingerprint density at radius 2 is 1.97 bits per heavy atom. The summed E-state index contributed by atoms with van der Waals surface area (Å²) in [5, 5.41) is 6.00. The van der Waals surface area contributed by atoms with E-state index in [-0.39, 0.29) is 18.7 Å². The smallest absolute Gasteiger partial charge is 0.419 e. The number of benzene rings is 1. The number of hydrogen-bond donors (Lipinski definition) is 2. The van der Waals surface area contributed by atoms with Gasteiger partial charge in [-0.05, 0) is 38.8 Å². The lowest BCUT2D eigenvalue weighted by Crippen LogP contribution is -2.49. The summed E-state index contributed by atoms with van der Waals surface area (Å²) >= 11 is 0. The van der Waals surface area contributed by atoms with Crippen LogP contribution in [0.1, 0.15) is 39.2 Å². The van der Waals surface area contributed by atoms with Crippen molar-refractivity contribution in [1.82, 2.24) is 15.2 Å². The molecule has 0 radical (unpaired) electrons. The summed E-state index contributed by atoms with van der Waals surface area (Å²) in [5.41, 5.74) is 0.633. The Bertz CT molecular complexity index is 1020. The van der Waals surface area contributed by atoms with Crippen LogP contribution in [0.25, 0.3) is 10.9 Å². The van der Waals surface area contributed by atoms with Crippen LogP contribution >= 0.6 is 0 Å². The number of carbonyl (C=O) groups is 4. The van der Waals surface area contributed by atoms with Gasteiger partial charge in [-0.25, -0.2) is 9.59 Å². The SMILES string of the molecule is COC(=O)[C@H](Cc1cn(C(=O)OC(C)(C)C)c2ccccc12)NC(=O)[C@@H]1CCC(=O)N1. The van der Waals surface area contributed by atoms with E-state index in [9.17, 15) is 19.2 Å². The van der Waals surface area contributed by atoms with Gasteiger partial charge in [-0.3, -0.25) is 14.2 Å². The van der Waals surface area contributed by atoms with Crippen molar-refractivity contribution >= 4 is 34.8 Å². The number of ether oxygens (including phenoxy) is 2. The van der Waals surface area contributed by atoms with Crippen LogP contribution in [0.4, 0.5) is 4.79 Å². The van der Waals surface area contributed by atoms with E-state index in [0.717, 1.165) is 5.39 Å². The third kappa shape index (κ3) is 5.22. The van der Waals surface area contributed by atoms with E-state index in [1.807, 2.05) is 12.1 Å². The first-order valence-electron chi connectivity index (χ1n) is 10.1. The number of fused-ring (bicyclic) bond motifs is 1. The molecule has 2 N–H and O–H groups in total. The standard InChI is InChI=1S/C22H27N3O6/c1-22(2,3)31-21(29)25-12-13(14-7-5-6-8-17(14)25)11-16(20(28)30-4)24-19(27)15-9-10-18(26)23-15/h5-8,12,15-16H,9-11H2,1-4H3,(H,23,26)(H,24,27)/t15-,16-/m0/s1. The minimum atomic E-state index is -0.979. The quantitative estimate of drug-likeness (QED) is 0.702. The third-order valence-corrected chi connectivity index (χ3v) is 4.92. The predicted octanol–water partition coefficient (Wildman–Crippen LogP) is 1.90. The fraction of sp³-hybridized carbons (Fsp3) is 0.455.